The number of aryl methyl sites for hydroxylation is 2. The van der Waals surface area contributed by atoms with Gasteiger partial charge in [-0.2, -0.15) is 0 Å². The summed E-state index contributed by atoms with van der Waals surface area (Å²) in [7, 11) is 0. The Morgan fingerprint density at radius 3 is 2.45 bits per heavy atom. The largest absolute Gasteiger partial charge is 0.306 e. The van der Waals surface area contributed by atoms with Crippen LogP contribution in [-0.2, 0) is 6.54 Å². The van der Waals surface area contributed by atoms with Gasteiger partial charge >= 0.3 is 0 Å². The predicted octanol–water partition coefficient (Wildman–Crippen LogP) is 4.43. The Balaban J connectivity index is 2.06. The van der Waals surface area contributed by atoms with E-state index in [0.717, 1.165) is 11.6 Å². The second-order valence-electron chi connectivity index (χ2n) is 5.19. The molecule has 1 atom stereocenters. The molecule has 0 aliphatic rings. The van der Waals surface area contributed by atoms with Gasteiger partial charge in [0.2, 0.25) is 0 Å². The molecular weight excluding hydrogens is 256 g/mol. The molecular formula is C17H19F2N. The summed E-state index contributed by atoms with van der Waals surface area (Å²) in [4.78, 5) is 0. The molecule has 0 bridgehead atoms. The van der Waals surface area contributed by atoms with Crippen molar-refractivity contribution in [3.05, 3.63) is 70.3 Å². The maximum Gasteiger partial charge on any atom is 0.128 e. The number of nitrogens with one attached hydrogen (secondary N) is 1. The van der Waals surface area contributed by atoms with Crippen molar-refractivity contribution in [3.63, 3.8) is 0 Å². The molecule has 1 N–H and O–H groups in total. The summed E-state index contributed by atoms with van der Waals surface area (Å²) in [5, 5.41) is 3.22. The molecule has 0 amide bonds. The number of halogens is 2. The van der Waals surface area contributed by atoms with E-state index in [4.69, 9.17) is 0 Å². The molecule has 106 valence electrons. The van der Waals surface area contributed by atoms with Crippen molar-refractivity contribution in [2.45, 2.75) is 33.4 Å². The first kappa shape index (κ1) is 14.7. The fourth-order valence-corrected chi connectivity index (χ4v) is 2.14. The molecule has 0 saturated carbocycles. The Morgan fingerprint density at radius 1 is 1.00 bits per heavy atom. The van der Waals surface area contributed by atoms with Crippen molar-refractivity contribution in [2.24, 2.45) is 0 Å². The van der Waals surface area contributed by atoms with Crippen LogP contribution in [0.4, 0.5) is 8.78 Å². The van der Waals surface area contributed by atoms with Gasteiger partial charge in [-0.25, -0.2) is 8.78 Å². The maximum atomic E-state index is 13.7. The molecule has 0 fully saturated rings. The van der Waals surface area contributed by atoms with E-state index in [1.807, 2.05) is 13.0 Å². The third kappa shape index (κ3) is 3.42. The van der Waals surface area contributed by atoms with E-state index >= 15 is 0 Å². The summed E-state index contributed by atoms with van der Waals surface area (Å²) in [6.45, 7) is 6.59. The van der Waals surface area contributed by atoms with Crippen LogP contribution in [0.5, 0.6) is 0 Å². The summed E-state index contributed by atoms with van der Waals surface area (Å²) in [6.07, 6.45) is 0. The first-order valence-electron chi connectivity index (χ1n) is 6.72. The summed E-state index contributed by atoms with van der Waals surface area (Å²) in [5.74, 6) is -0.798. The van der Waals surface area contributed by atoms with Crippen molar-refractivity contribution in [1.29, 1.82) is 0 Å². The highest BCUT2D eigenvalue weighted by molar-refractivity contribution is 5.30. The minimum atomic E-state index is -0.416. The number of rotatable bonds is 4. The Hall–Kier alpha value is -1.74. The molecule has 0 aromatic heterocycles. The normalized spacial score (nSPS) is 12.4. The van der Waals surface area contributed by atoms with Gasteiger partial charge < -0.3 is 5.32 Å². The monoisotopic (exact) mass is 275 g/mol. The van der Waals surface area contributed by atoms with E-state index in [1.165, 1.54) is 23.3 Å². The van der Waals surface area contributed by atoms with Crippen molar-refractivity contribution in [1.82, 2.24) is 5.32 Å². The molecule has 0 aliphatic heterocycles. The average Bonchev–Trinajstić information content (AvgIpc) is 2.42. The first-order valence-corrected chi connectivity index (χ1v) is 6.72. The second kappa shape index (κ2) is 6.14. The van der Waals surface area contributed by atoms with Crippen LogP contribution in [0.2, 0.25) is 0 Å². The number of benzene rings is 2. The molecule has 20 heavy (non-hydrogen) atoms. The van der Waals surface area contributed by atoms with Gasteiger partial charge in [-0.15, -0.1) is 0 Å². The topological polar surface area (TPSA) is 12.0 Å². The lowest BCUT2D eigenvalue weighted by molar-refractivity contribution is 0.518. The van der Waals surface area contributed by atoms with Crippen molar-refractivity contribution in [3.8, 4) is 0 Å². The molecule has 0 saturated heterocycles. The first-order chi connectivity index (χ1) is 9.47. The highest BCUT2D eigenvalue weighted by Gasteiger charge is 2.11. The van der Waals surface area contributed by atoms with Gasteiger partial charge in [0.1, 0.15) is 11.6 Å². The molecule has 1 nitrogen and oxygen atoms in total. The standard InChI is InChI=1S/C17H19F2N/c1-11-4-5-14(8-12(11)2)10-20-13(3)16-9-15(18)6-7-17(16)19/h4-9,13,20H,10H2,1-3H3. The molecule has 2 rings (SSSR count). The van der Waals surface area contributed by atoms with Crippen LogP contribution in [0.25, 0.3) is 0 Å². The van der Waals surface area contributed by atoms with Crippen LogP contribution in [0, 0.1) is 25.5 Å². The molecule has 1 unspecified atom stereocenters. The highest BCUT2D eigenvalue weighted by atomic mass is 19.1. The quantitative estimate of drug-likeness (QED) is 0.870. The molecule has 3 heteroatoms. The summed E-state index contributed by atoms with van der Waals surface area (Å²) in [5.41, 5.74) is 3.97. The third-order valence-corrected chi connectivity index (χ3v) is 3.61. The van der Waals surface area contributed by atoms with E-state index in [1.54, 1.807) is 0 Å². The van der Waals surface area contributed by atoms with E-state index in [9.17, 15) is 8.78 Å². The zero-order valence-corrected chi connectivity index (χ0v) is 12.0. The zero-order chi connectivity index (χ0) is 14.7. The number of hydrogen-bond donors (Lipinski definition) is 1. The summed E-state index contributed by atoms with van der Waals surface area (Å²) in [6, 6.07) is 9.52. The van der Waals surface area contributed by atoms with Gasteiger partial charge in [0, 0.05) is 18.2 Å². The van der Waals surface area contributed by atoms with Crippen molar-refractivity contribution < 1.29 is 8.78 Å². The fraction of sp³-hybridized carbons (Fsp3) is 0.294. The lowest BCUT2D eigenvalue weighted by Crippen LogP contribution is -2.19. The minimum Gasteiger partial charge on any atom is -0.306 e. The Morgan fingerprint density at radius 2 is 1.75 bits per heavy atom. The van der Waals surface area contributed by atoms with Crippen molar-refractivity contribution in [2.75, 3.05) is 0 Å². The summed E-state index contributed by atoms with van der Waals surface area (Å²) >= 11 is 0. The third-order valence-electron chi connectivity index (χ3n) is 3.61. The molecule has 0 spiro atoms. The van der Waals surface area contributed by atoms with Crippen LogP contribution in [0.15, 0.2) is 36.4 Å². The summed E-state index contributed by atoms with van der Waals surface area (Å²) < 4.78 is 26.8. The SMILES string of the molecule is Cc1ccc(CNC(C)c2cc(F)ccc2F)cc1C. The fourth-order valence-electron chi connectivity index (χ4n) is 2.14. The van der Waals surface area contributed by atoms with Crippen LogP contribution in [0.1, 0.15) is 35.2 Å². The van der Waals surface area contributed by atoms with Gasteiger partial charge in [-0.05, 0) is 55.7 Å². The number of hydrogen-bond acceptors (Lipinski definition) is 1. The lowest BCUT2D eigenvalue weighted by Gasteiger charge is -2.16. The zero-order valence-electron chi connectivity index (χ0n) is 12.0. The molecule has 2 aromatic carbocycles. The smallest absolute Gasteiger partial charge is 0.128 e. The van der Waals surface area contributed by atoms with E-state index < -0.39 is 5.82 Å². The highest BCUT2D eigenvalue weighted by Crippen LogP contribution is 2.19. The minimum absolute atomic E-state index is 0.243. The molecule has 2 aromatic rings. The average molecular weight is 275 g/mol. The van der Waals surface area contributed by atoms with Crippen LogP contribution >= 0.6 is 0 Å². The Kier molecular flexibility index (Phi) is 4.50. The Labute approximate surface area is 118 Å². The lowest BCUT2D eigenvalue weighted by atomic mass is 10.0. The predicted molar refractivity (Wildman–Crippen MR) is 77.5 cm³/mol. The van der Waals surface area contributed by atoms with Crippen LogP contribution < -0.4 is 5.32 Å². The van der Waals surface area contributed by atoms with Gasteiger partial charge in [0.05, 0.1) is 0 Å². The molecule has 0 radical (unpaired) electrons. The van der Waals surface area contributed by atoms with E-state index in [2.05, 4.69) is 31.3 Å². The van der Waals surface area contributed by atoms with Crippen molar-refractivity contribution >= 4 is 0 Å². The molecule has 0 aliphatic carbocycles. The van der Waals surface area contributed by atoms with Gasteiger partial charge in [0.25, 0.3) is 0 Å². The van der Waals surface area contributed by atoms with E-state index in [0.29, 0.717) is 12.1 Å². The van der Waals surface area contributed by atoms with Crippen LogP contribution in [0.3, 0.4) is 0 Å². The van der Waals surface area contributed by atoms with E-state index in [-0.39, 0.29) is 11.9 Å². The van der Waals surface area contributed by atoms with Gasteiger partial charge in [0.15, 0.2) is 0 Å². The Bertz CT molecular complexity index is 608. The molecule has 0 heterocycles. The van der Waals surface area contributed by atoms with Crippen LogP contribution in [-0.4, -0.2) is 0 Å². The second-order valence-corrected chi connectivity index (χ2v) is 5.19. The van der Waals surface area contributed by atoms with Gasteiger partial charge in [-0.1, -0.05) is 18.2 Å². The maximum absolute atomic E-state index is 13.7. The van der Waals surface area contributed by atoms with Gasteiger partial charge in [-0.3, -0.25) is 0 Å².